The van der Waals surface area contributed by atoms with Gasteiger partial charge in [-0.25, -0.2) is 9.97 Å². The molecule has 1 aliphatic rings. The summed E-state index contributed by atoms with van der Waals surface area (Å²) in [5.74, 6) is 1.88. The molecule has 1 fully saturated rings. The number of H-pyrrole nitrogens is 1. The second-order valence-corrected chi connectivity index (χ2v) is 8.91. The molecule has 31 heavy (non-hydrogen) atoms. The average Bonchev–Trinajstić information content (AvgIpc) is 3.10. The van der Waals surface area contributed by atoms with Crippen molar-refractivity contribution in [2.45, 2.75) is 58.5 Å². The minimum absolute atomic E-state index is 0.414. The molecule has 0 bridgehead atoms. The molecule has 1 saturated carbocycles. The fraction of sp³-hybridized carbons (Fsp3) is 0.500. The van der Waals surface area contributed by atoms with Crippen LogP contribution >= 0.6 is 23.2 Å². The summed E-state index contributed by atoms with van der Waals surface area (Å²) in [6.07, 6.45) is 4.81. The first kappa shape index (κ1) is 22.1. The number of benzene rings is 1. The summed E-state index contributed by atoms with van der Waals surface area (Å²) in [6, 6.07) is 6.54. The van der Waals surface area contributed by atoms with Crippen LogP contribution in [0.4, 0.5) is 17.7 Å². The molecule has 2 heterocycles. The van der Waals surface area contributed by atoms with Crippen molar-refractivity contribution in [1.29, 1.82) is 0 Å². The first-order valence-electron chi connectivity index (χ1n) is 10.9. The van der Waals surface area contributed by atoms with Crippen molar-refractivity contribution in [2.75, 3.05) is 23.7 Å². The van der Waals surface area contributed by atoms with Crippen LogP contribution in [-0.4, -0.2) is 50.0 Å². The number of aromatic amines is 1. The van der Waals surface area contributed by atoms with Gasteiger partial charge in [0, 0.05) is 23.8 Å². The fourth-order valence-electron chi connectivity index (χ4n) is 4.44. The lowest BCUT2D eigenvalue weighted by Crippen LogP contribution is -2.42. The number of halogens is 2. The number of hydrogen-bond acceptors (Lipinski definition) is 6. The predicted molar refractivity (Wildman–Crippen MR) is 129 cm³/mol. The Bertz CT molecular complexity index is 1010. The molecule has 4 rings (SSSR count). The molecule has 2 aromatic heterocycles. The largest absolute Gasteiger partial charge is 0.367 e. The summed E-state index contributed by atoms with van der Waals surface area (Å²) in [5, 5.41) is 7.77. The first-order chi connectivity index (χ1) is 14.9. The Kier molecular flexibility index (Phi) is 6.84. The molecule has 166 valence electrons. The van der Waals surface area contributed by atoms with Crippen LogP contribution in [0.2, 0.25) is 10.0 Å². The second kappa shape index (κ2) is 9.59. The van der Waals surface area contributed by atoms with Crippen molar-refractivity contribution in [1.82, 2.24) is 24.8 Å². The average molecular weight is 462 g/mol. The summed E-state index contributed by atoms with van der Waals surface area (Å²) in [6.45, 7) is 8.65. The lowest BCUT2D eigenvalue weighted by molar-refractivity contribution is 0.165. The zero-order valence-electron chi connectivity index (χ0n) is 18.2. The number of fused-ring (bicyclic) bond motifs is 1. The third-order valence-electron chi connectivity index (χ3n) is 5.94. The molecule has 0 amide bonds. The van der Waals surface area contributed by atoms with Crippen molar-refractivity contribution in [3.8, 4) is 0 Å². The lowest BCUT2D eigenvalue weighted by Gasteiger charge is -2.37. The van der Waals surface area contributed by atoms with E-state index in [1.54, 1.807) is 12.1 Å². The van der Waals surface area contributed by atoms with Gasteiger partial charge in [0.25, 0.3) is 0 Å². The van der Waals surface area contributed by atoms with Crippen molar-refractivity contribution >= 4 is 51.9 Å². The topological polar surface area (TPSA) is 81.8 Å². The molecule has 0 saturated heterocycles. The molecular weight excluding hydrogens is 433 g/mol. The second-order valence-electron chi connectivity index (χ2n) is 8.09. The zero-order chi connectivity index (χ0) is 22.0. The van der Waals surface area contributed by atoms with E-state index >= 15 is 0 Å². The molecule has 7 nitrogen and oxygen atoms in total. The monoisotopic (exact) mass is 461 g/mol. The lowest BCUT2D eigenvalue weighted by atomic mass is 9.90. The normalized spacial score (nSPS) is 19.2. The van der Waals surface area contributed by atoms with Crippen LogP contribution in [0.3, 0.4) is 0 Å². The molecule has 0 spiro atoms. The van der Waals surface area contributed by atoms with Crippen LogP contribution in [-0.2, 0) is 0 Å². The maximum absolute atomic E-state index is 6.10. The summed E-state index contributed by atoms with van der Waals surface area (Å²) in [5.41, 5.74) is 2.42. The zero-order valence-corrected chi connectivity index (χ0v) is 19.7. The molecule has 1 aromatic carbocycles. The minimum Gasteiger partial charge on any atom is -0.367 e. The summed E-state index contributed by atoms with van der Waals surface area (Å²) in [7, 11) is 0. The van der Waals surface area contributed by atoms with Crippen LogP contribution < -0.4 is 10.6 Å². The summed E-state index contributed by atoms with van der Waals surface area (Å²) >= 11 is 12.2. The van der Waals surface area contributed by atoms with Gasteiger partial charge in [-0.15, -0.1) is 0 Å². The van der Waals surface area contributed by atoms with Gasteiger partial charge in [-0.2, -0.15) is 4.98 Å². The van der Waals surface area contributed by atoms with E-state index in [4.69, 9.17) is 23.2 Å². The van der Waals surface area contributed by atoms with E-state index in [0.717, 1.165) is 48.5 Å². The van der Waals surface area contributed by atoms with Gasteiger partial charge in [-0.3, -0.25) is 5.32 Å². The van der Waals surface area contributed by atoms with Gasteiger partial charge >= 0.3 is 0 Å². The van der Waals surface area contributed by atoms with Gasteiger partial charge in [0.05, 0.1) is 21.1 Å². The fourth-order valence-corrected chi connectivity index (χ4v) is 4.77. The number of nitrogens with zero attached hydrogens (tertiary/aromatic N) is 4. The van der Waals surface area contributed by atoms with Gasteiger partial charge in [-0.05, 0) is 57.8 Å². The maximum atomic E-state index is 6.10. The van der Waals surface area contributed by atoms with Crippen molar-refractivity contribution in [2.24, 2.45) is 0 Å². The van der Waals surface area contributed by atoms with Crippen molar-refractivity contribution < 1.29 is 0 Å². The number of aromatic nitrogens is 4. The van der Waals surface area contributed by atoms with Crippen LogP contribution in [0.1, 0.15) is 45.2 Å². The minimum atomic E-state index is 0.414. The van der Waals surface area contributed by atoms with Crippen LogP contribution in [0.25, 0.3) is 11.0 Å². The van der Waals surface area contributed by atoms with E-state index < -0.39 is 0 Å². The van der Waals surface area contributed by atoms with E-state index in [1.807, 2.05) is 13.0 Å². The Morgan fingerprint density at radius 1 is 1.06 bits per heavy atom. The van der Waals surface area contributed by atoms with Crippen LogP contribution in [0.5, 0.6) is 0 Å². The molecular formula is C22H29Cl2N7. The number of anilines is 3. The van der Waals surface area contributed by atoms with Gasteiger partial charge in [-0.1, -0.05) is 37.0 Å². The predicted octanol–water partition coefficient (Wildman–Crippen LogP) is 5.78. The highest BCUT2D eigenvalue weighted by atomic mass is 35.5. The van der Waals surface area contributed by atoms with Gasteiger partial charge < -0.3 is 15.2 Å². The third kappa shape index (κ3) is 5.22. The smallest absolute Gasteiger partial charge is 0.231 e. The number of rotatable bonds is 7. The maximum Gasteiger partial charge on any atom is 0.231 e. The number of aryl methyl sites for hydroxylation is 1. The van der Waals surface area contributed by atoms with Crippen molar-refractivity contribution in [3.63, 3.8) is 0 Å². The number of nitrogens with one attached hydrogen (secondary N) is 3. The number of imidazole rings is 1. The molecule has 1 aliphatic carbocycles. The molecule has 3 aromatic rings. The van der Waals surface area contributed by atoms with E-state index in [1.165, 1.54) is 12.8 Å². The van der Waals surface area contributed by atoms with Crippen molar-refractivity contribution in [3.05, 3.63) is 33.9 Å². The highest BCUT2D eigenvalue weighted by Gasteiger charge is 2.25. The van der Waals surface area contributed by atoms with Crippen LogP contribution in [0.15, 0.2) is 18.2 Å². The van der Waals surface area contributed by atoms with Gasteiger partial charge in [0.15, 0.2) is 0 Å². The van der Waals surface area contributed by atoms with Gasteiger partial charge in [0.1, 0.15) is 5.82 Å². The molecule has 3 N–H and O–H groups in total. The Morgan fingerprint density at radius 3 is 2.61 bits per heavy atom. The van der Waals surface area contributed by atoms with Gasteiger partial charge in [0.2, 0.25) is 11.9 Å². The Morgan fingerprint density at radius 2 is 1.84 bits per heavy atom. The standard InChI is InChI=1S/C22H29Cl2N7/c1-4-31(5-2)15-8-6-7-14(10-15)26-20-9-13(3)25-21(29-20)30-22-27-18-11-16(23)17(24)12-19(18)28-22/h9,11-12,14-15H,4-8,10H2,1-3H3,(H3,25,26,27,28,29,30). The van der Waals surface area contributed by atoms with Crippen LogP contribution in [0, 0.1) is 6.92 Å². The number of hydrogen-bond donors (Lipinski definition) is 3. The van der Waals surface area contributed by atoms with E-state index in [2.05, 4.69) is 49.3 Å². The molecule has 9 heteroatoms. The first-order valence-corrected chi connectivity index (χ1v) is 11.7. The molecule has 2 unspecified atom stereocenters. The van der Waals surface area contributed by atoms with E-state index in [-0.39, 0.29) is 0 Å². The third-order valence-corrected chi connectivity index (χ3v) is 6.66. The Hall–Kier alpha value is -2.09. The Balaban J connectivity index is 1.48. The SMILES string of the molecule is CCN(CC)C1CCCC(Nc2cc(C)nc(Nc3nc4cc(Cl)c(Cl)cc4[nH]3)n2)C1. The molecule has 0 aliphatic heterocycles. The quantitative estimate of drug-likeness (QED) is 0.413. The van der Waals surface area contributed by atoms with E-state index in [9.17, 15) is 0 Å². The summed E-state index contributed by atoms with van der Waals surface area (Å²) < 4.78 is 0. The highest BCUT2D eigenvalue weighted by Crippen LogP contribution is 2.29. The summed E-state index contributed by atoms with van der Waals surface area (Å²) in [4.78, 5) is 19.5. The Labute approximate surface area is 193 Å². The molecule has 2 atom stereocenters. The highest BCUT2D eigenvalue weighted by molar-refractivity contribution is 6.42. The molecule has 0 radical (unpaired) electrons. The van der Waals surface area contributed by atoms with E-state index in [0.29, 0.717) is 34.0 Å².